The average Bonchev–Trinajstić information content (AvgIpc) is 3.02. The Labute approximate surface area is 123 Å². The van der Waals surface area contributed by atoms with Gasteiger partial charge in [-0.05, 0) is 0 Å². The van der Waals surface area contributed by atoms with Gasteiger partial charge in [0.05, 0.1) is 12.9 Å². The van der Waals surface area contributed by atoms with Crippen LogP contribution in [0.25, 0.3) is 11.2 Å². The van der Waals surface area contributed by atoms with E-state index in [0.717, 1.165) is 0 Å². The van der Waals surface area contributed by atoms with Crippen LogP contribution in [0.4, 0.5) is 10.2 Å². The van der Waals surface area contributed by atoms with Gasteiger partial charge in [0.2, 0.25) is 0 Å². The summed E-state index contributed by atoms with van der Waals surface area (Å²) in [6.07, 6.45) is -2.41. The van der Waals surface area contributed by atoms with E-state index in [1.54, 1.807) is 0 Å². The fourth-order valence-corrected chi connectivity index (χ4v) is 2.44. The Kier molecular flexibility index (Phi) is 3.62. The van der Waals surface area contributed by atoms with Crippen molar-refractivity contribution in [2.75, 3.05) is 12.3 Å². The summed E-state index contributed by atoms with van der Waals surface area (Å²) in [7, 11) is 0. The first kappa shape index (κ1) is 14.6. The molecule has 1 aliphatic heterocycles. The third kappa shape index (κ3) is 2.25. The number of anilines is 1. The highest BCUT2D eigenvalue weighted by atomic mass is 19.1. The van der Waals surface area contributed by atoms with E-state index in [-0.39, 0.29) is 5.82 Å². The van der Waals surface area contributed by atoms with Crippen LogP contribution in [0.1, 0.15) is 13.2 Å². The minimum absolute atomic E-state index is 0.168. The van der Waals surface area contributed by atoms with Gasteiger partial charge >= 0.3 is 5.97 Å². The van der Waals surface area contributed by atoms with Crippen molar-refractivity contribution in [1.29, 1.82) is 0 Å². The van der Waals surface area contributed by atoms with Gasteiger partial charge in [-0.1, -0.05) is 0 Å². The molecule has 3 rings (SSSR count). The van der Waals surface area contributed by atoms with E-state index in [4.69, 9.17) is 15.2 Å². The predicted molar refractivity (Wildman–Crippen MR) is 71.2 cm³/mol. The topological polar surface area (TPSA) is 125 Å². The van der Waals surface area contributed by atoms with Gasteiger partial charge in [-0.2, -0.15) is 0 Å². The second kappa shape index (κ2) is 5.46. The Morgan fingerprint density at radius 2 is 2.32 bits per heavy atom. The zero-order chi connectivity index (χ0) is 15.9. The lowest BCUT2D eigenvalue weighted by molar-refractivity contribution is -0.154. The highest BCUT2D eigenvalue weighted by molar-refractivity contribution is 5.81. The number of aliphatic hydroxyl groups is 1. The van der Waals surface area contributed by atoms with Gasteiger partial charge in [0, 0.05) is 6.92 Å². The van der Waals surface area contributed by atoms with E-state index >= 15 is 0 Å². The molecule has 10 heteroatoms. The molecule has 4 atom stereocenters. The van der Waals surface area contributed by atoms with Gasteiger partial charge in [0.1, 0.15) is 17.9 Å². The summed E-state index contributed by atoms with van der Waals surface area (Å²) in [5.74, 6) is -0.486. The van der Waals surface area contributed by atoms with E-state index in [1.165, 1.54) is 24.1 Å². The van der Waals surface area contributed by atoms with Gasteiger partial charge in [0.25, 0.3) is 0 Å². The lowest BCUT2D eigenvalue weighted by Gasteiger charge is -2.20. The number of fused-ring (bicyclic) bond motifs is 1. The summed E-state index contributed by atoms with van der Waals surface area (Å²) in [4.78, 5) is 23.1. The number of carbonyl (C=O) groups is 1. The normalized spacial score (nSPS) is 28.1. The number of nitrogens with two attached hydrogens (primary N) is 1. The maximum Gasteiger partial charge on any atom is 0.303 e. The largest absolute Gasteiger partial charge is 0.454 e. The number of aromatic nitrogens is 4. The summed E-state index contributed by atoms with van der Waals surface area (Å²) in [5, 5.41) is 9.19. The Hall–Kier alpha value is -2.33. The number of hydrogen-bond donors (Lipinski definition) is 2. The molecule has 1 saturated heterocycles. The molecule has 1 fully saturated rings. The maximum atomic E-state index is 14.3. The molecule has 0 aliphatic carbocycles. The molecule has 2 aromatic heterocycles. The number of aliphatic hydroxyl groups excluding tert-OH is 1. The van der Waals surface area contributed by atoms with Crippen LogP contribution in [-0.2, 0) is 14.3 Å². The van der Waals surface area contributed by atoms with Crippen LogP contribution in [0, 0.1) is 0 Å². The number of carbonyl (C=O) groups excluding carboxylic acids is 1. The summed E-state index contributed by atoms with van der Waals surface area (Å²) >= 11 is 0. The first-order valence-electron chi connectivity index (χ1n) is 6.53. The van der Waals surface area contributed by atoms with Crippen molar-refractivity contribution in [2.24, 2.45) is 0 Å². The van der Waals surface area contributed by atoms with Crippen molar-refractivity contribution in [1.82, 2.24) is 19.5 Å². The predicted octanol–water partition coefficient (Wildman–Crippen LogP) is -0.432. The first-order valence-corrected chi connectivity index (χ1v) is 6.53. The van der Waals surface area contributed by atoms with Crippen LogP contribution in [0.3, 0.4) is 0 Å². The summed E-state index contributed by atoms with van der Waals surface area (Å²) in [6.45, 7) is 0.626. The SMILES string of the molecule is CC(=O)O[C@@H]1[C@@H](F)[C@@H](CO)O[C@H]1n1cnc2c(N)ncnc21. The minimum atomic E-state index is -1.67. The molecular weight excluding hydrogens is 297 g/mol. The molecule has 0 spiro atoms. The number of halogens is 1. The molecule has 3 N–H and O–H groups in total. The fraction of sp³-hybridized carbons (Fsp3) is 0.500. The average molecular weight is 311 g/mol. The van der Waals surface area contributed by atoms with Gasteiger partial charge in [-0.3, -0.25) is 9.36 Å². The number of nitrogen functional groups attached to an aromatic ring is 1. The quantitative estimate of drug-likeness (QED) is 0.731. The molecule has 0 amide bonds. The van der Waals surface area contributed by atoms with Crippen LogP contribution in [0.2, 0.25) is 0 Å². The summed E-state index contributed by atoms with van der Waals surface area (Å²) in [5.41, 5.74) is 6.35. The van der Waals surface area contributed by atoms with Crippen LogP contribution >= 0.6 is 0 Å². The molecular formula is C12H14FN5O4. The third-order valence-electron chi connectivity index (χ3n) is 3.41. The second-order valence-corrected chi connectivity index (χ2v) is 4.85. The van der Waals surface area contributed by atoms with E-state index in [2.05, 4.69) is 15.0 Å². The van der Waals surface area contributed by atoms with Crippen molar-refractivity contribution in [3.8, 4) is 0 Å². The van der Waals surface area contributed by atoms with Crippen molar-refractivity contribution in [3.05, 3.63) is 12.7 Å². The molecule has 118 valence electrons. The number of ether oxygens (including phenoxy) is 2. The lowest BCUT2D eigenvalue weighted by Crippen LogP contribution is -2.33. The summed E-state index contributed by atoms with van der Waals surface area (Å²) in [6, 6.07) is 0. The van der Waals surface area contributed by atoms with Crippen molar-refractivity contribution < 1.29 is 23.8 Å². The highest BCUT2D eigenvalue weighted by Gasteiger charge is 2.48. The second-order valence-electron chi connectivity index (χ2n) is 4.85. The Bertz CT molecular complexity index is 708. The molecule has 0 aromatic carbocycles. The van der Waals surface area contributed by atoms with Crippen LogP contribution in [-0.4, -0.2) is 55.6 Å². The van der Waals surface area contributed by atoms with Gasteiger partial charge in [0.15, 0.2) is 30.0 Å². The third-order valence-corrected chi connectivity index (χ3v) is 3.41. The number of nitrogens with zero attached hydrogens (tertiary/aromatic N) is 4. The van der Waals surface area contributed by atoms with E-state index in [9.17, 15) is 14.3 Å². The monoisotopic (exact) mass is 311 g/mol. The number of hydrogen-bond acceptors (Lipinski definition) is 8. The smallest absolute Gasteiger partial charge is 0.303 e. The van der Waals surface area contributed by atoms with E-state index < -0.39 is 37.2 Å². The Balaban J connectivity index is 2.03. The molecule has 0 radical (unpaired) electrons. The van der Waals surface area contributed by atoms with E-state index in [0.29, 0.717) is 11.2 Å². The van der Waals surface area contributed by atoms with Crippen LogP contribution in [0.15, 0.2) is 12.7 Å². The molecule has 2 aromatic rings. The van der Waals surface area contributed by atoms with Gasteiger partial charge in [-0.15, -0.1) is 0 Å². The van der Waals surface area contributed by atoms with Gasteiger partial charge < -0.3 is 20.3 Å². The molecule has 1 aliphatic rings. The number of esters is 1. The molecule has 22 heavy (non-hydrogen) atoms. The molecule has 3 heterocycles. The highest BCUT2D eigenvalue weighted by Crippen LogP contribution is 2.35. The fourth-order valence-electron chi connectivity index (χ4n) is 2.44. The van der Waals surface area contributed by atoms with Crippen LogP contribution in [0.5, 0.6) is 0 Å². The van der Waals surface area contributed by atoms with Crippen molar-refractivity contribution in [3.63, 3.8) is 0 Å². The van der Waals surface area contributed by atoms with Crippen molar-refractivity contribution >= 4 is 23.0 Å². The van der Waals surface area contributed by atoms with Gasteiger partial charge in [-0.25, -0.2) is 19.3 Å². The first-order chi connectivity index (χ1) is 10.5. The standard InChI is InChI=1S/C12H14FN5O4/c1-5(20)21-9-7(13)6(2-19)22-12(9)18-4-17-8-10(14)15-3-16-11(8)18/h3-4,6-7,9,12,19H,2H2,1H3,(H2,14,15,16)/t6-,7+,9-,12-/m1/s1. The molecule has 9 nitrogen and oxygen atoms in total. The maximum absolute atomic E-state index is 14.3. The molecule has 0 bridgehead atoms. The lowest BCUT2D eigenvalue weighted by atomic mass is 10.1. The Morgan fingerprint density at radius 1 is 1.55 bits per heavy atom. The van der Waals surface area contributed by atoms with E-state index in [1.807, 2.05) is 0 Å². The number of imidazole rings is 1. The molecule has 0 unspecified atom stereocenters. The van der Waals surface area contributed by atoms with Crippen LogP contribution < -0.4 is 5.73 Å². The Morgan fingerprint density at radius 3 is 3.00 bits per heavy atom. The number of rotatable bonds is 3. The van der Waals surface area contributed by atoms with Crippen molar-refractivity contribution in [2.45, 2.75) is 31.5 Å². The summed E-state index contributed by atoms with van der Waals surface area (Å²) < 4.78 is 26.1. The zero-order valence-electron chi connectivity index (χ0n) is 11.6. The molecule has 0 saturated carbocycles. The number of alkyl halides is 1. The zero-order valence-corrected chi connectivity index (χ0v) is 11.6. The minimum Gasteiger partial charge on any atom is -0.454 e.